The standard InChI is InChI=1S/C13H28N2O2/c1-11(6-8-14)4-5-12(17)15-10-13(2,3)7-9-16/h11,16H,4-10,14H2,1-3H3,(H,15,17). The Hall–Kier alpha value is -0.610. The third-order valence-electron chi connectivity index (χ3n) is 3.08. The maximum atomic E-state index is 11.6. The van der Waals surface area contributed by atoms with E-state index in [0.717, 1.165) is 12.8 Å². The van der Waals surface area contributed by atoms with Crippen molar-refractivity contribution >= 4 is 5.91 Å². The van der Waals surface area contributed by atoms with Crippen LogP contribution in [0.25, 0.3) is 0 Å². The maximum Gasteiger partial charge on any atom is 0.220 e. The molecule has 0 rings (SSSR count). The number of nitrogens with two attached hydrogens (primary N) is 1. The van der Waals surface area contributed by atoms with Crippen LogP contribution in [-0.2, 0) is 4.79 Å². The molecule has 0 aromatic rings. The van der Waals surface area contributed by atoms with Crippen LogP contribution in [0.1, 0.15) is 46.5 Å². The van der Waals surface area contributed by atoms with Crippen molar-refractivity contribution in [3.63, 3.8) is 0 Å². The van der Waals surface area contributed by atoms with Crippen LogP contribution in [0.15, 0.2) is 0 Å². The molecule has 4 N–H and O–H groups in total. The van der Waals surface area contributed by atoms with E-state index in [1.54, 1.807) is 0 Å². The molecule has 1 atom stereocenters. The van der Waals surface area contributed by atoms with E-state index in [4.69, 9.17) is 10.8 Å². The number of aliphatic hydroxyl groups is 1. The Balaban J connectivity index is 3.72. The number of hydrogen-bond donors (Lipinski definition) is 3. The highest BCUT2D eigenvalue weighted by Gasteiger charge is 2.18. The third-order valence-corrected chi connectivity index (χ3v) is 3.08. The molecule has 102 valence electrons. The first-order valence-corrected chi connectivity index (χ1v) is 6.49. The van der Waals surface area contributed by atoms with Gasteiger partial charge in [-0.2, -0.15) is 0 Å². The van der Waals surface area contributed by atoms with Crippen LogP contribution in [0.2, 0.25) is 0 Å². The minimum atomic E-state index is -0.0344. The molecular weight excluding hydrogens is 216 g/mol. The SMILES string of the molecule is CC(CCN)CCC(=O)NCC(C)(C)CCO. The minimum absolute atomic E-state index is 0.0344. The van der Waals surface area contributed by atoms with E-state index in [1.165, 1.54) is 0 Å². The van der Waals surface area contributed by atoms with Crippen LogP contribution in [0.5, 0.6) is 0 Å². The molecule has 0 heterocycles. The van der Waals surface area contributed by atoms with Crippen molar-refractivity contribution in [2.45, 2.75) is 46.5 Å². The number of hydrogen-bond acceptors (Lipinski definition) is 3. The van der Waals surface area contributed by atoms with Gasteiger partial charge in [0.2, 0.25) is 5.91 Å². The zero-order valence-corrected chi connectivity index (χ0v) is 11.5. The Morgan fingerprint density at radius 2 is 2.06 bits per heavy atom. The van der Waals surface area contributed by atoms with Crippen molar-refractivity contribution in [3.05, 3.63) is 0 Å². The maximum absolute atomic E-state index is 11.6. The summed E-state index contributed by atoms with van der Waals surface area (Å²) in [4.78, 5) is 11.6. The fourth-order valence-electron chi connectivity index (χ4n) is 1.62. The van der Waals surface area contributed by atoms with Gasteiger partial charge in [0.1, 0.15) is 0 Å². The van der Waals surface area contributed by atoms with Crippen LogP contribution >= 0.6 is 0 Å². The zero-order chi connectivity index (χ0) is 13.3. The predicted molar refractivity (Wildman–Crippen MR) is 70.6 cm³/mol. The summed E-state index contributed by atoms with van der Waals surface area (Å²) in [5.41, 5.74) is 5.43. The first kappa shape index (κ1) is 16.4. The molecule has 1 unspecified atom stereocenters. The van der Waals surface area contributed by atoms with E-state index in [1.807, 2.05) is 13.8 Å². The van der Waals surface area contributed by atoms with E-state index in [0.29, 0.717) is 31.8 Å². The van der Waals surface area contributed by atoms with Gasteiger partial charge < -0.3 is 16.2 Å². The fraction of sp³-hybridized carbons (Fsp3) is 0.923. The van der Waals surface area contributed by atoms with Gasteiger partial charge in [0.05, 0.1) is 0 Å². The molecule has 1 amide bonds. The quantitative estimate of drug-likeness (QED) is 0.572. The molecule has 0 fully saturated rings. The number of rotatable bonds is 9. The molecule has 0 aliphatic rings. The van der Waals surface area contributed by atoms with Crippen molar-refractivity contribution in [1.29, 1.82) is 0 Å². The lowest BCUT2D eigenvalue weighted by Gasteiger charge is -2.24. The van der Waals surface area contributed by atoms with E-state index in [2.05, 4.69) is 12.2 Å². The second kappa shape index (κ2) is 8.48. The topological polar surface area (TPSA) is 75.4 Å². The molecule has 0 radical (unpaired) electrons. The summed E-state index contributed by atoms with van der Waals surface area (Å²) in [5, 5.41) is 11.8. The van der Waals surface area contributed by atoms with E-state index in [-0.39, 0.29) is 17.9 Å². The zero-order valence-electron chi connectivity index (χ0n) is 11.5. The number of aliphatic hydroxyl groups excluding tert-OH is 1. The van der Waals surface area contributed by atoms with E-state index < -0.39 is 0 Å². The highest BCUT2D eigenvalue weighted by molar-refractivity contribution is 5.75. The summed E-state index contributed by atoms with van der Waals surface area (Å²) >= 11 is 0. The molecule has 0 aromatic carbocycles. The summed E-state index contributed by atoms with van der Waals surface area (Å²) in [7, 11) is 0. The molecule has 4 nitrogen and oxygen atoms in total. The van der Waals surface area contributed by atoms with Gasteiger partial charge in [0, 0.05) is 19.6 Å². The summed E-state index contributed by atoms with van der Waals surface area (Å²) in [5.74, 6) is 0.607. The van der Waals surface area contributed by atoms with Crippen LogP contribution in [-0.4, -0.2) is 30.7 Å². The monoisotopic (exact) mass is 244 g/mol. The Morgan fingerprint density at radius 1 is 1.41 bits per heavy atom. The normalized spacial score (nSPS) is 13.5. The molecule has 17 heavy (non-hydrogen) atoms. The average Bonchev–Trinajstić information content (AvgIpc) is 2.24. The van der Waals surface area contributed by atoms with Crippen molar-refractivity contribution in [3.8, 4) is 0 Å². The molecule has 0 saturated carbocycles. The van der Waals surface area contributed by atoms with Crippen LogP contribution in [0.4, 0.5) is 0 Å². The minimum Gasteiger partial charge on any atom is -0.396 e. The first-order valence-electron chi connectivity index (χ1n) is 6.49. The fourth-order valence-corrected chi connectivity index (χ4v) is 1.62. The molecule has 0 bridgehead atoms. The lowest BCUT2D eigenvalue weighted by molar-refractivity contribution is -0.121. The second-order valence-corrected chi connectivity index (χ2v) is 5.64. The molecule has 0 aliphatic heterocycles. The predicted octanol–water partition coefficient (Wildman–Crippen LogP) is 1.28. The smallest absolute Gasteiger partial charge is 0.220 e. The summed E-state index contributed by atoms with van der Waals surface area (Å²) in [6.07, 6.45) is 3.14. The molecular formula is C13H28N2O2. The number of carbonyl (C=O) groups excluding carboxylic acids is 1. The van der Waals surface area contributed by atoms with Crippen LogP contribution < -0.4 is 11.1 Å². The van der Waals surface area contributed by atoms with Gasteiger partial charge in [-0.25, -0.2) is 0 Å². The van der Waals surface area contributed by atoms with Crippen molar-refractivity contribution in [2.24, 2.45) is 17.1 Å². The lowest BCUT2D eigenvalue weighted by Crippen LogP contribution is -2.34. The number of amides is 1. The summed E-state index contributed by atoms with van der Waals surface area (Å²) in [6, 6.07) is 0. The van der Waals surface area contributed by atoms with Gasteiger partial charge in [-0.1, -0.05) is 20.8 Å². The molecule has 0 aliphatic carbocycles. The molecule has 0 saturated heterocycles. The largest absolute Gasteiger partial charge is 0.396 e. The van der Waals surface area contributed by atoms with Gasteiger partial charge in [-0.05, 0) is 37.1 Å². The van der Waals surface area contributed by atoms with E-state index >= 15 is 0 Å². The average molecular weight is 244 g/mol. The van der Waals surface area contributed by atoms with Gasteiger partial charge in [0.25, 0.3) is 0 Å². The molecule has 0 aromatic heterocycles. The summed E-state index contributed by atoms with van der Waals surface area (Å²) in [6.45, 7) is 7.68. The highest BCUT2D eigenvalue weighted by atomic mass is 16.3. The Labute approximate surface area is 105 Å². The van der Waals surface area contributed by atoms with Gasteiger partial charge in [0.15, 0.2) is 0 Å². The van der Waals surface area contributed by atoms with Gasteiger partial charge >= 0.3 is 0 Å². The first-order chi connectivity index (χ1) is 7.91. The van der Waals surface area contributed by atoms with Gasteiger partial charge in [-0.15, -0.1) is 0 Å². The lowest BCUT2D eigenvalue weighted by atomic mass is 9.89. The van der Waals surface area contributed by atoms with Crippen molar-refractivity contribution in [2.75, 3.05) is 19.7 Å². The van der Waals surface area contributed by atoms with E-state index in [9.17, 15) is 4.79 Å². The second-order valence-electron chi connectivity index (χ2n) is 5.64. The Morgan fingerprint density at radius 3 is 2.59 bits per heavy atom. The number of carbonyl (C=O) groups is 1. The van der Waals surface area contributed by atoms with Crippen molar-refractivity contribution in [1.82, 2.24) is 5.32 Å². The molecule has 4 heteroatoms. The highest BCUT2D eigenvalue weighted by Crippen LogP contribution is 2.18. The Bertz CT molecular complexity index is 217. The molecule has 0 spiro atoms. The van der Waals surface area contributed by atoms with Gasteiger partial charge in [-0.3, -0.25) is 4.79 Å². The van der Waals surface area contributed by atoms with Crippen molar-refractivity contribution < 1.29 is 9.90 Å². The summed E-state index contributed by atoms with van der Waals surface area (Å²) < 4.78 is 0. The Kier molecular flexibility index (Phi) is 8.17. The third kappa shape index (κ3) is 9.12. The van der Waals surface area contributed by atoms with Crippen LogP contribution in [0, 0.1) is 11.3 Å². The van der Waals surface area contributed by atoms with Crippen LogP contribution in [0.3, 0.4) is 0 Å². The number of nitrogens with one attached hydrogen (secondary N) is 1.